The zero-order valence-electron chi connectivity index (χ0n) is 16.9. The maximum Gasteiger partial charge on any atom is 0.408 e. The van der Waals surface area contributed by atoms with Gasteiger partial charge in [0.25, 0.3) is 11.8 Å². The molecular formula is C19H32N2O5. The minimum absolute atomic E-state index is 0.149. The van der Waals surface area contributed by atoms with E-state index in [0.29, 0.717) is 18.6 Å². The van der Waals surface area contributed by atoms with Gasteiger partial charge in [-0.1, -0.05) is 27.2 Å². The molecular weight excluding hydrogens is 336 g/mol. The van der Waals surface area contributed by atoms with Crippen molar-refractivity contribution in [2.75, 3.05) is 7.11 Å². The van der Waals surface area contributed by atoms with Crippen molar-refractivity contribution in [3.05, 3.63) is 11.8 Å². The lowest BCUT2D eigenvalue weighted by atomic mass is 10.0. The number of carbonyl (C=O) groups is 3. The van der Waals surface area contributed by atoms with Crippen LogP contribution in [0.3, 0.4) is 0 Å². The molecule has 0 saturated heterocycles. The van der Waals surface area contributed by atoms with E-state index in [1.54, 1.807) is 20.8 Å². The van der Waals surface area contributed by atoms with E-state index in [1.165, 1.54) is 18.1 Å². The number of ether oxygens (including phenoxy) is 2. The first-order valence-corrected chi connectivity index (χ1v) is 9.12. The molecule has 0 radical (unpaired) electrons. The van der Waals surface area contributed by atoms with Crippen molar-refractivity contribution < 1.29 is 23.9 Å². The van der Waals surface area contributed by atoms with Gasteiger partial charge in [0.05, 0.1) is 13.2 Å². The Morgan fingerprint density at radius 1 is 1.31 bits per heavy atom. The van der Waals surface area contributed by atoms with Crippen LogP contribution in [-0.4, -0.2) is 47.6 Å². The third-order valence-electron chi connectivity index (χ3n) is 3.87. The topological polar surface area (TPSA) is 84.9 Å². The van der Waals surface area contributed by atoms with Gasteiger partial charge in [-0.05, 0) is 39.5 Å². The van der Waals surface area contributed by atoms with E-state index in [1.807, 2.05) is 20.8 Å². The van der Waals surface area contributed by atoms with Gasteiger partial charge in [-0.2, -0.15) is 0 Å². The maximum absolute atomic E-state index is 13.1. The first kappa shape index (κ1) is 22.0. The summed E-state index contributed by atoms with van der Waals surface area (Å²) in [6.45, 7) is 11.1. The number of rotatable bonds is 7. The Kier molecular flexibility index (Phi) is 7.66. The highest BCUT2D eigenvalue weighted by Crippen LogP contribution is 2.26. The van der Waals surface area contributed by atoms with Crippen LogP contribution < -0.4 is 5.32 Å². The first-order chi connectivity index (χ1) is 12.0. The summed E-state index contributed by atoms with van der Waals surface area (Å²) < 4.78 is 10.5. The third kappa shape index (κ3) is 6.04. The predicted octanol–water partition coefficient (Wildman–Crippen LogP) is 2.99. The summed E-state index contributed by atoms with van der Waals surface area (Å²) in [5.74, 6) is -0.219. The van der Waals surface area contributed by atoms with E-state index in [-0.39, 0.29) is 5.92 Å². The molecule has 0 aromatic rings. The monoisotopic (exact) mass is 368 g/mol. The average molecular weight is 368 g/mol. The lowest BCUT2D eigenvalue weighted by molar-refractivity contribution is -0.145. The Labute approximate surface area is 156 Å². The van der Waals surface area contributed by atoms with Crippen molar-refractivity contribution in [2.24, 2.45) is 5.92 Å². The van der Waals surface area contributed by atoms with Crippen molar-refractivity contribution in [3.8, 4) is 0 Å². The smallest absolute Gasteiger partial charge is 0.408 e. The number of nitrogens with zero attached hydrogens (tertiary/aromatic N) is 1. The Bertz CT molecular complexity index is 563. The highest BCUT2D eigenvalue weighted by Gasteiger charge is 2.41. The molecule has 0 fully saturated rings. The minimum Gasteiger partial charge on any atom is -0.499 e. The number of alkyl carbamates (subject to hydrolysis) is 1. The van der Waals surface area contributed by atoms with Gasteiger partial charge in [0.2, 0.25) is 0 Å². The molecule has 1 rings (SSSR count). The molecule has 26 heavy (non-hydrogen) atoms. The number of methoxy groups -OCH3 is 1. The summed E-state index contributed by atoms with van der Waals surface area (Å²) >= 11 is 0. The molecule has 0 aromatic heterocycles. The van der Waals surface area contributed by atoms with Crippen molar-refractivity contribution in [2.45, 2.75) is 78.5 Å². The van der Waals surface area contributed by atoms with Crippen LogP contribution >= 0.6 is 0 Å². The molecule has 0 saturated carbocycles. The summed E-state index contributed by atoms with van der Waals surface area (Å²) in [4.78, 5) is 38.8. The van der Waals surface area contributed by atoms with Crippen molar-refractivity contribution >= 4 is 17.9 Å². The number of carbonyl (C=O) groups excluding carboxylic acids is 3. The van der Waals surface area contributed by atoms with Crippen molar-refractivity contribution in [1.29, 1.82) is 0 Å². The molecule has 1 heterocycles. The van der Waals surface area contributed by atoms with Crippen LogP contribution in [0, 0.1) is 5.92 Å². The van der Waals surface area contributed by atoms with Crippen LogP contribution in [0.15, 0.2) is 11.8 Å². The molecule has 1 aliphatic heterocycles. The fourth-order valence-electron chi connectivity index (χ4n) is 2.88. The van der Waals surface area contributed by atoms with Crippen LogP contribution in [0.4, 0.5) is 4.79 Å². The van der Waals surface area contributed by atoms with Gasteiger partial charge in [0, 0.05) is 6.08 Å². The molecule has 7 heteroatoms. The largest absolute Gasteiger partial charge is 0.499 e. The standard InChI is InChI=1S/C19H32N2O5/c1-8-9-14-15(25-7)11-16(22)21(14)17(23)13(10-12(2)3)20-18(24)26-19(4,5)6/h11-14H,8-10H2,1-7H3,(H,20,24). The Morgan fingerprint density at radius 2 is 1.92 bits per heavy atom. The van der Waals surface area contributed by atoms with E-state index in [9.17, 15) is 14.4 Å². The van der Waals surface area contributed by atoms with E-state index < -0.39 is 35.6 Å². The molecule has 0 aliphatic carbocycles. The number of amides is 3. The molecule has 0 bridgehead atoms. The van der Waals surface area contributed by atoms with Crippen molar-refractivity contribution in [3.63, 3.8) is 0 Å². The zero-order valence-corrected chi connectivity index (χ0v) is 16.9. The summed E-state index contributed by atoms with van der Waals surface area (Å²) in [5.41, 5.74) is -0.672. The van der Waals surface area contributed by atoms with E-state index in [0.717, 1.165) is 6.42 Å². The number of hydrogen-bond acceptors (Lipinski definition) is 5. The van der Waals surface area contributed by atoms with Gasteiger partial charge in [-0.3, -0.25) is 14.5 Å². The molecule has 7 nitrogen and oxygen atoms in total. The Hall–Kier alpha value is -2.05. The lowest BCUT2D eigenvalue weighted by Crippen LogP contribution is -2.53. The molecule has 3 amide bonds. The quantitative estimate of drug-likeness (QED) is 0.747. The summed E-state index contributed by atoms with van der Waals surface area (Å²) in [7, 11) is 1.49. The van der Waals surface area contributed by atoms with Gasteiger partial charge in [-0.25, -0.2) is 4.79 Å². The Morgan fingerprint density at radius 3 is 2.38 bits per heavy atom. The van der Waals surface area contributed by atoms with Crippen LogP contribution in [0.5, 0.6) is 0 Å². The SMILES string of the molecule is CCCC1C(OC)=CC(=O)N1C(=O)C(CC(C)C)NC(=O)OC(C)(C)C. The third-order valence-corrected chi connectivity index (χ3v) is 3.87. The van der Waals surface area contributed by atoms with Gasteiger partial charge in [0.1, 0.15) is 17.4 Å². The maximum atomic E-state index is 13.1. The molecule has 2 atom stereocenters. The lowest BCUT2D eigenvalue weighted by Gasteiger charge is -2.30. The Balaban J connectivity index is 3.00. The molecule has 2 unspecified atom stereocenters. The fourth-order valence-corrected chi connectivity index (χ4v) is 2.88. The second-order valence-electron chi connectivity index (χ2n) is 7.93. The van der Waals surface area contributed by atoms with E-state index in [4.69, 9.17) is 9.47 Å². The zero-order chi connectivity index (χ0) is 20.1. The summed E-state index contributed by atoms with van der Waals surface area (Å²) in [6, 6.07) is -1.27. The van der Waals surface area contributed by atoms with Gasteiger partial charge in [-0.15, -0.1) is 0 Å². The second-order valence-corrected chi connectivity index (χ2v) is 7.93. The molecule has 0 aromatic carbocycles. The molecule has 1 aliphatic rings. The number of hydrogen-bond donors (Lipinski definition) is 1. The minimum atomic E-state index is -0.835. The first-order valence-electron chi connectivity index (χ1n) is 9.12. The number of nitrogens with one attached hydrogen (secondary N) is 1. The van der Waals surface area contributed by atoms with Crippen LogP contribution in [0.25, 0.3) is 0 Å². The van der Waals surface area contributed by atoms with Gasteiger partial charge >= 0.3 is 6.09 Å². The molecule has 1 N–H and O–H groups in total. The predicted molar refractivity (Wildman–Crippen MR) is 98.3 cm³/mol. The van der Waals surface area contributed by atoms with E-state index in [2.05, 4.69) is 5.32 Å². The van der Waals surface area contributed by atoms with Crippen LogP contribution in [0.2, 0.25) is 0 Å². The fraction of sp³-hybridized carbons (Fsp3) is 0.737. The highest BCUT2D eigenvalue weighted by atomic mass is 16.6. The van der Waals surface area contributed by atoms with Gasteiger partial charge in [0.15, 0.2) is 0 Å². The van der Waals surface area contributed by atoms with Crippen molar-refractivity contribution in [1.82, 2.24) is 10.2 Å². The summed E-state index contributed by atoms with van der Waals surface area (Å²) in [5, 5.41) is 2.63. The van der Waals surface area contributed by atoms with Gasteiger partial charge < -0.3 is 14.8 Å². The number of imide groups is 1. The van der Waals surface area contributed by atoms with Crippen LogP contribution in [0.1, 0.15) is 60.8 Å². The second kappa shape index (κ2) is 9.05. The average Bonchev–Trinajstić information content (AvgIpc) is 2.79. The van der Waals surface area contributed by atoms with Crippen LogP contribution in [-0.2, 0) is 19.1 Å². The molecule has 0 spiro atoms. The normalized spacial score (nSPS) is 18.6. The highest BCUT2D eigenvalue weighted by molar-refractivity contribution is 6.06. The van der Waals surface area contributed by atoms with E-state index >= 15 is 0 Å². The summed E-state index contributed by atoms with van der Waals surface area (Å²) in [6.07, 6.45) is 2.48. The molecule has 148 valence electrons.